The Morgan fingerprint density at radius 2 is 1.78 bits per heavy atom. The maximum Gasteiger partial charge on any atom is 0.240 e. The van der Waals surface area contributed by atoms with E-state index in [0.29, 0.717) is 0 Å². The number of rotatable bonds is 5. The predicted molar refractivity (Wildman–Crippen MR) is 83.0 cm³/mol. The number of nitrogens with one attached hydrogen (secondary N) is 1. The minimum absolute atomic E-state index is 0.0508. The summed E-state index contributed by atoms with van der Waals surface area (Å²) in [5.41, 5.74) is 0. The molecule has 0 aromatic heterocycles. The maximum absolute atomic E-state index is 12.2. The van der Waals surface area contributed by atoms with E-state index in [2.05, 4.69) is 20.7 Å². The lowest BCUT2D eigenvalue weighted by molar-refractivity contribution is -0.287. The molecule has 1 aromatic rings. The second kappa shape index (κ2) is 7.53. The molecule has 0 aliphatic carbocycles. The third-order valence-corrected chi connectivity index (χ3v) is 5.47. The van der Waals surface area contributed by atoms with Gasteiger partial charge in [-0.1, -0.05) is 15.9 Å². The summed E-state index contributed by atoms with van der Waals surface area (Å²) in [5.74, 6) is 0. The molecule has 4 N–H and O–H groups in total. The first-order valence-electron chi connectivity index (χ1n) is 6.74. The Hall–Kier alpha value is -0.590. The molecule has 5 atom stereocenters. The van der Waals surface area contributed by atoms with Crippen molar-refractivity contribution in [3.63, 3.8) is 0 Å². The van der Waals surface area contributed by atoms with Crippen LogP contribution < -0.4 is 4.72 Å². The maximum atomic E-state index is 12.2. The molecule has 0 amide bonds. The number of hydrogen-bond acceptors (Lipinski definition) is 7. The van der Waals surface area contributed by atoms with Gasteiger partial charge in [0.1, 0.15) is 24.4 Å². The summed E-state index contributed by atoms with van der Waals surface area (Å²) in [4.78, 5) is 0.0508. The third kappa shape index (κ3) is 4.28. The Morgan fingerprint density at radius 3 is 2.35 bits per heavy atom. The first-order valence-corrected chi connectivity index (χ1v) is 9.01. The summed E-state index contributed by atoms with van der Waals surface area (Å²) in [6.07, 6.45) is -6.60. The number of aliphatic hydroxyl groups excluding tert-OH is 3. The molecule has 1 heterocycles. The van der Waals surface area contributed by atoms with Crippen molar-refractivity contribution in [2.24, 2.45) is 0 Å². The molecule has 0 radical (unpaired) electrons. The number of hydrogen-bond donors (Lipinski definition) is 4. The van der Waals surface area contributed by atoms with E-state index >= 15 is 0 Å². The van der Waals surface area contributed by atoms with Gasteiger partial charge in [0.05, 0.1) is 4.90 Å². The van der Waals surface area contributed by atoms with Gasteiger partial charge in [0.2, 0.25) is 10.0 Å². The molecule has 0 spiro atoms. The zero-order valence-electron chi connectivity index (χ0n) is 12.2. The molecule has 10 heteroatoms. The lowest BCUT2D eigenvalue weighted by atomic mass is 9.99. The topological polar surface area (TPSA) is 125 Å². The highest BCUT2D eigenvalue weighted by Gasteiger charge is 2.44. The van der Waals surface area contributed by atoms with Crippen molar-refractivity contribution >= 4 is 26.0 Å². The molecule has 5 unspecified atom stereocenters. The van der Waals surface area contributed by atoms with Crippen LogP contribution in [0.2, 0.25) is 0 Å². The van der Waals surface area contributed by atoms with Crippen LogP contribution in [0.25, 0.3) is 0 Å². The Labute approximate surface area is 142 Å². The van der Waals surface area contributed by atoms with Gasteiger partial charge in [0.15, 0.2) is 6.29 Å². The predicted octanol–water partition coefficient (Wildman–Crippen LogP) is -0.819. The van der Waals surface area contributed by atoms with Crippen LogP contribution in [-0.4, -0.2) is 68.1 Å². The Bertz CT molecular complexity index is 622. The molecular formula is C13H18BrNO7S. The van der Waals surface area contributed by atoms with E-state index in [9.17, 15) is 23.7 Å². The van der Waals surface area contributed by atoms with E-state index < -0.39 is 40.7 Å². The molecule has 1 fully saturated rings. The highest BCUT2D eigenvalue weighted by atomic mass is 79.9. The largest absolute Gasteiger partial charge is 0.388 e. The SMILES string of the molecule is COC1OC(CNS(=O)(=O)c2ccc(Br)cc2)C(O)C(O)C1O. The van der Waals surface area contributed by atoms with Crippen LogP contribution in [0.15, 0.2) is 33.6 Å². The first-order chi connectivity index (χ1) is 10.8. The van der Waals surface area contributed by atoms with Crippen molar-refractivity contribution in [2.75, 3.05) is 13.7 Å². The van der Waals surface area contributed by atoms with Crippen molar-refractivity contribution < 1.29 is 33.2 Å². The summed E-state index contributed by atoms with van der Waals surface area (Å²) in [6, 6.07) is 6.01. The summed E-state index contributed by atoms with van der Waals surface area (Å²) in [6.45, 7) is -0.288. The van der Waals surface area contributed by atoms with Gasteiger partial charge in [-0.15, -0.1) is 0 Å². The number of halogens is 1. The number of aliphatic hydroxyl groups is 3. The average molecular weight is 412 g/mol. The molecule has 23 heavy (non-hydrogen) atoms. The average Bonchev–Trinajstić information content (AvgIpc) is 2.52. The number of benzene rings is 1. The molecule has 1 saturated heterocycles. The van der Waals surface area contributed by atoms with E-state index in [1.54, 1.807) is 12.1 Å². The van der Waals surface area contributed by atoms with E-state index in [1.807, 2.05) is 0 Å². The highest BCUT2D eigenvalue weighted by Crippen LogP contribution is 2.22. The third-order valence-electron chi connectivity index (χ3n) is 3.50. The van der Waals surface area contributed by atoms with E-state index in [0.717, 1.165) is 4.47 Å². The van der Waals surface area contributed by atoms with Crippen LogP contribution >= 0.6 is 15.9 Å². The van der Waals surface area contributed by atoms with Crippen molar-refractivity contribution in [1.82, 2.24) is 4.72 Å². The quantitative estimate of drug-likeness (QED) is 0.498. The van der Waals surface area contributed by atoms with Crippen LogP contribution in [-0.2, 0) is 19.5 Å². The number of ether oxygens (including phenoxy) is 2. The van der Waals surface area contributed by atoms with Gasteiger partial charge in [-0.2, -0.15) is 0 Å². The fourth-order valence-corrected chi connectivity index (χ4v) is 3.48. The second-order valence-electron chi connectivity index (χ2n) is 5.06. The number of sulfonamides is 1. The van der Waals surface area contributed by atoms with Gasteiger partial charge in [-0.3, -0.25) is 0 Å². The van der Waals surface area contributed by atoms with Gasteiger partial charge in [-0.05, 0) is 24.3 Å². The Morgan fingerprint density at radius 1 is 1.17 bits per heavy atom. The lowest BCUT2D eigenvalue weighted by Crippen LogP contribution is -2.60. The lowest BCUT2D eigenvalue weighted by Gasteiger charge is -2.39. The molecule has 8 nitrogen and oxygen atoms in total. The minimum Gasteiger partial charge on any atom is -0.388 e. The second-order valence-corrected chi connectivity index (χ2v) is 7.74. The monoisotopic (exact) mass is 411 g/mol. The molecule has 1 aliphatic rings. The molecule has 1 aliphatic heterocycles. The summed E-state index contributed by atoms with van der Waals surface area (Å²) < 4.78 is 37.5. The minimum atomic E-state index is -3.80. The Balaban J connectivity index is 2.05. The van der Waals surface area contributed by atoms with Crippen LogP contribution in [0, 0.1) is 0 Å². The van der Waals surface area contributed by atoms with Crippen molar-refractivity contribution in [2.45, 2.75) is 35.6 Å². The van der Waals surface area contributed by atoms with Crippen LogP contribution in [0.3, 0.4) is 0 Å². The van der Waals surface area contributed by atoms with Gasteiger partial charge in [0, 0.05) is 18.1 Å². The summed E-state index contributed by atoms with van der Waals surface area (Å²) in [5, 5.41) is 29.3. The first kappa shape index (κ1) is 18.7. The molecule has 130 valence electrons. The normalized spacial score (nSPS) is 32.0. The fourth-order valence-electron chi connectivity index (χ4n) is 2.17. The standard InChI is InChI=1S/C13H18BrNO7S/c1-21-13-12(18)11(17)10(16)9(22-13)6-15-23(19,20)8-4-2-7(14)3-5-8/h2-5,9-13,15-18H,6H2,1H3. The van der Waals surface area contributed by atoms with E-state index in [1.165, 1.54) is 19.2 Å². The molecule has 0 saturated carbocycles. The van der Waals surface area contributed by atoms with Gasteiger partial charge in [0.25, 0.3) is 0 Å². The zero-order valence-corrected chi connectivity index (χ0v) is 14.6. The zero-order chi connectivity index (χ0) is 17.2. The van der Waals surface area contributed by atoms with Crippen molar-refractivity contribution in [3.05, 3.63) is 28.7 Å². The van der Waals surface area contributed by atoms with Crippen molar-refractivity contribution in [1.29, 1.82) is 0 Å². The fraction of sp³-hybridized carbons (Fsp3) is 0.538. The van der Waals surface area contributed by atoms with Crippen LogP contribution in [0.5, 0.6) is 0 Å². The Kier molecular flexibility index (Phi) is 6.14. The smallest absolute Gasteiger partial charge is 0.240 e. The van der Waals surface area contributed by atoms with Crippen molar-refractivity contribution in [3.8, 4) is 0 Å². The van der Waals surface area contributed by atoms with E-state index in [4.69, 9.17) is 9.47 Å². The van der Waals surface area contributed by atoms with Gasteiger partial charge < -0.3 is 24.8 Å². The van der Waals surface area contributed by atoms with Gasteiger partial charge in [-0.25, -0.2) is 13.1 Å². The highest BCUT2D eigenvalue weighted by molar-refractivity contribution is 9.10. The summed E-state index contributed by atoms with van der Waals surface area (Å²) >= 11 is 3.21. The number of methoxy groups -OCH3 is 1. The molecule has 2 rings (SSSR count). The van der Waals surface area contributed by atoms with Crippen LogP contribution in [0.4, 0.5) is 0 Å². The van der Waals surface area contributed by atoms with Gasteiger partial charge >= 0.3 is 0 Å². The molecular weight excluding hydrogens is 394 g/mol. The van der Waals surface area contributed by atoms with E-state index in [-0.39, 0.29) is 11.4 Å². The molecule has 1 aromatic carbocycles. The summed E-state index contributed by atoms with van der Waals surface area (Å²) in [7, 11) is -2.54. The van der Waals surface area contributed by atoms with Crippen LogP contribution in [0.1, 0.15) is 0 Å². The molecule has 0 bridgehead atoms.